The van der Waals surface area contributed by atoms with E-state index in [1.54, 1.807) is 23.8 Å². The number of carbonyl (C=O) groups is 1. The van der Waals surface area contributed by atoms with Gasteiger partial charge in [0.1, 0.15) is 17.2 Å². The second-order valence-electron chi connectivity index (χ2n) is 5.43. The zero-order valence-corrected chi connectivity index (χ0v) is 14.7. The van der Waals surface area contributed by atoms with Crippen molar-refractivity contribution in [1.29, 1.82) is 0 Å². The van der Waals surface area contributed by atoms with E-state index in [9.17, 15) is 4.79 Å². The van der Waals surface area contributed by atoms with Gasteiger partial charge in [0, 0.05) is 31.7 Å². The Bertz CT molecular complexity index is 798. The lowest BCUT2D eigenvalue weighted by molar-refractivity contribution is 0.102. The van der Waals surface area contributed by atoms with Gasteiger partial charge in [0.25, 0.3) is 5.91 Å². The van der Waals surface area contributed by atoms with Crippen molar-refractivity contribution in [3.05, 3.63) is 47.6 Å². The Labute approximate surface area is 149 Å². The number of aromatic nitrogens is 5. The second kappa shape index (κ2) is 8.34. The summed E-state index contributed by atoms with van der Waals surface area (Å²) in [5, 5.41) is 13.9. The molecule has 0 atom stereocenters. The summed E-state index contributed by atoms with van der Waals surface area (Å²) in [6.07, 6.45) is 7.45. The maximum atomic E-state index is 12.0. The fraction of sp³-hybridized carbons (Fsp3) is 0.312. The SMILES string of the molecule is Cc1nccn1CCCCNc1ccc(C(=O)Nc2nncs2)cn1. The monoisotopic (exact) mass is 357 g/mol. The molecule has 0 bridgehead atoms. The predicted octanol–water partition coefficient (Wildman–Crippen LogP) is 2.58. The molecule has 3 rings (SSSR count). The van der Waals surface area contributed by atoms with Gasteiger partial charge in [-0.1, -0.05) is 11.3 Å². The summed E-state index contributed by atoms with van der Waals surface area (Å²) >= 11 is 1.27. The van der Waals surface area contributed by atoms with Crippen molar-refractivity contribution in [2.45, 2.75) is 26.3 Å². The maximum Gasteiger partial charge on any atom is 0.259 e. The van der Waals surface area contributed by atoms with Gasteiger partial charge in [-0.3, -0.25) is 10.1 Å². The highest BCUT2D eigenvalue weighted by Gasteiger charge is 2.08. The van der Waals surface area contributed by atoms with Crippen LogP contribution in [0.3, 0.4) is 0 Å². The molecule has 0 aliphatic rings. The predicted molar refractivity (Wildman–Crippen MR) is 96.8 cm³/mol. The third-order valence-corrected chi connectivity index (χ3v) is 4.27. The summed E-state index contributed by atoms with van der Waals surface area (Å²) in [6.45, 7) is 3.80. The molecular formula is C16H19N7OS. The highest BCUT2D eigenvalue weighted by Crippen LogP contribution is 2.11. The van der Waals surface area contributed by atoms with Gasteiger partial charge in [0.2, 0.25) is 5.13 Å². The molecule has 0 fully saturated rings. The number of carbonyl (C=O) groups excluding carboxylic acids is 1. The van der Waals surface area contributed by atoms with Crippen LogP contribution in [-0.4, -0.2) is 37.2 Å². The van der Waals surface area contributed by atoms with Crippen molar-refractivity contribution in [1.82, 2.24) is 24.7 Å². The minimum atomic E-state index is -0.244. The van der Waals surface area contributed by atoms with Crippen LogP contribution in [0.1, 0.15) is 29.0 Å². The minimum absolute atomic E-state index is 0.244. The number of nitrogens with one attached hydrogen (secondary N) is 2. The van der Waals surface area contributed by atoms with Gasteiger partial charge in [-0.15, -0.1) is 10.2 Å². The summed E-state index contributed by atoms with van der Waals surface area (Å²) in [5.74, 6) is 1.55. The first-order chi connectivity index (χ1) is 12.2. The van der Waals surface area contributed by atoms with E-state index in [-0.39, 0.29) is 5.91 Å². The Morgan fingerprint density at radius 1 is 1.28 bits per heavy atom. The zero-order chi connectivity index (χ0) is 17.5. The van der Waals surface area contributed by atoms with Gasteiger partial charge in [0.15, 0.2) is 0 Å². The van der Waals surface area contributed by atoms with Crippen LogP contribution in [0.15, 0.2) is 36.2 Å². The zero-order valence-electron chi connectivity index (χ0n) is 13.8. The van der Waals surface area contributed by atoms with E-state index in [0.29, 0.717) is 10.7 Å². The van der Waals surface area contributed by atoms with Gasteiger partial charge in [0.05, 0.1) is 5.56 Å². The fourth-order valence-corrected chi connectivity index (χ4v) is 2.73. The second-order valence-corrected chi connectivity index (χ2v) is 6.27. The summed E-state index contributed by atoms with van der Waals surface area (Å²) < 4.78 is 2.14. The first-order valence-electron chi connectivity index (χ1n) is 7.97. The Morgan fingerprint density at radius 2 is 2.20 bits per heavy atom. The number of pyridine rings is 1. The molecule has 0 spiro atoms. The molecule has 0 aliphatic heterocycles. The van der Waals surface area contributed by atoms with Crippen molar-refractivity contribution >= 4 is 28.2 Å². The molecule has 1 amide bonds. The Balaban J connectivity index is 1.40. The van der Waals surface area contributed by atoms with Crippen molar-refractivity contribution in [3.8, 4) is 0 Å². The molecule has 0 aromatic carbocycles. The summed E-state index contributed by atoms with van der Waals surface area (Å²) in [5.41, 5.74) is 2.05. The Hall–Kier alpha value is -2.81. The lowest BCUT2D eigenvalue weighted by Crippen LogP contribution is -2.12. The number of amides is 1. The lowest BCUT2D eigenvalue weighted by Gasteiger charge is -2.07. The number of aryl methyl sites for hydroxylation is 2. The van der Waals surface area contributed by atoms with Crippen LogP contribution in [0.4, 0.5) is 10.9 Å². The van der Waals surface area contributed by atoms with E-state index < -0.39 is 0 Å². The molecule has 0 unspecified atom stereocenters. The average Bonchev–Trinajstić information content (AvgIpc) is 3.27. The average molecular weight is 357 g/mol. The summed E-state index contributed by atoms with van der Waals surface area (Å²) in [6, 6.07) is 3.54. The molecule has 8 nitrogen and oxygen atoms in total. The van der Waals surface area contributed by atoms with Crippen LogP contribution >= 0.6 is 11.3 Å². The molecule has 3 aromatic rings. The molecule has 3 heterocycles. The van der Waals surface area contributed by atoms with Gasteiger partial charge < -0.3 is 9.88 Å². The minimum Gasteiger partial charge on any atom is -0.370 e. The molecule has 130 valence electrons. The first kappa shape index (κ1) is 17.0. The number of nitrogens with zero attached hydrogens (tertiary/aromatic N) is 5. The van der Waals surface area contributed by atoms with Crippen LogP contribution in [0.5, 0.6) is 0 Å². The molecule has 0 saturated heterocycles. The number of hydrogen-bond donors (Lipinski definition) is 2. The number of anilines is 2. The number of imidazole rings is 1. The molecule has 0 saturated carbocycles. The van der Waals surface area contributed by atoms with Crippen LogP contribution < -0.4 is 10.6 Å². The molecule has 0 aliphatic carbocycles. The normalized spacial score (nSPS) is 10.6. The molecule has 2 N–H and O–H groups in total. The van der Waals surface area contributed by atoms with E-state index in [1.165, 1.54) is 11.3 Å². The molecule has 0 radical (unpaired) electrons. The fourth-order valence-electron chi connectivity index (χ4n) is 2.29. The first-order valence-corrected chi connectivity index (χ1v) is 8.85. The number of unbranched alkanes of at least 4 members (excludes halogenated alkanes) is 1. The highest BCUT2D eigenvalue weighted by molar-refractivity contribution is 7.13. The van der Waals surface area contributed by atoms with E-state index in [2.05, 4.69) is 35.4 Å². The van der Waals surface area contributed by atoms with Crippen LogP contribution in [-0.2, 0) is 6.54 Å². The maximum absolute atomic E-state index is 12.0. The molecule has 9 heteroatoms. The van der Waals surface area contributed by atoms with Crippen molar-refractivity contribution in [2.24, 2.45) is 0 Å². The van der Waals surface area contributed by atoms with Gasteiger partial charge in [-0.2, -0.15) is 0 Å². The quantitative estimate of drug-likeness (QED) is 0.601. The van der Waals surface area contributed by atoms with Crippen LogP contribution in [0.25, 0.3) is 0 Å². The van der Waals surface area contributed by atoms with E-state index in [1.807, 2.05) is 19.3 Å². The van der Waals surface area contributed by atoms with Crippen molar-refractivity contribution in [3.63, 3.8) is 0 Å². The van der Waals surface area contributed by atoms with Gasteiger partial charge in [-0.25, -0.2) is 9.97 Å². The highest BCUT2D eigenvalue weighted by atomic mass is 32.1. The van der Waals surface area contributed by atoms with E-state index >= 15 is 0 Å². The van der Waals surface area contributed by atoms with Gasteiger partial charge in [-0.05, 0) is 31.9 Å². The van der Waals surface area contributed by atoms with Crippen molar-refractivity contribution < 1.29 is 4.79 Å². The van der Waals surface area contributed by atoms with Crippen LogP contribution in [0, 0.1) is 6.92 Å². The third kappa shape index (κ3) is 4.83. The molecular weight excluding hydrogens is 338 g/mol. The summed E-state index contributed by atoms with van der Waals surface area (Å²) in [4.78, 5) is 20.5. The smallest absolute Gasteiger partial charge is 0.259 e. The van der Waals surface area contributed by atoms with E-state index in [0.717, 1.165) is 37.6 Å². The third-order valence-electron chi connectivity index (χ3n) is 3.66. The molecule has 25 heavy (non-hydrogen) atoms. The molecule has 3 aromatic heterocycles. The number of rotatable bonds is 8. The largest absolute Gasteiger partial charge is 0.370 e. The number of hydrogen-bond acceptors (Lipinski definition) is 7. The standard InChI is InChI=1S/C16H19N7OS/c1-12-17-7-9-23(12)8-3-2-6-18-14-5-4-13(10-19-14)15(24)21-16-22-20-11-25-16/h4-5,7,9-11H,2-3,6,8H2,1H3,(H,18,19)(H,21,22,24). The Morgan fingerprint density at radius 3 is 2.88 bits per heavy atom. The topological polar surface area (TPSA) is 97.6 Å². The van der Waals surface area contributed by atoms with Crippen molar-refractivity contribution in [2.75, 3.05) is 17.2 Å². The Kier molecular flexibility index (Phi) is 5.68. The summed E-state index contributed by atoms with van der Waals surface area (Å²) in [7, 11) is 0. The lowest BCUT2D eigenvalue weighted by atomic mass is 10.2. The van der Waals surface area contributed by atoms with E-state index in [4.69, 9.17) is 0 Å². The van der Waals surface area contributed by atoms with Gasteiger partial charge >= 0.3 is 0 Å². The van der Waals surface area contributed by atoms with Crippen LogP contribution in [0.2, 0.25) is 0 Å².